The zero-order valence-corrected chi connectivity index (χ0v) is 17.3. The predicted molar refractivity (Wildman–Crippen MR) is 121 cm³/mol. The van der Waals surface area contributed by atoms with Crippen molar-refractivity contribution < 1.29 is 4.74 Å². The Morgan fingerprint density at radius 2 is 1.43 bits per heavy atom. The third-order valence-electron chi connectivity index (χ3n) is 5.10. The average molecular weight is 387 g/mol. The summed E-state index contributed by atoms with van der Waals surface area (Å²) in [6.07, 6.45) is 0.762. The lowest BCUT2D eigenvalue weighted by atomic mass is 10.1. The molecule has 0 aromatic heterocycles. The lowest BCUT2D eigenvalue weighted by molar-refractivity contribution is 0.287. The van der Waals surface area contributed by atoms with E-state index in [-0.39, 0.29) is 6.04 Å². The molecule has 0 unspecified atom stereocenters. The van der Waals surface area contributed by atoms with Crippen molar-refractivity contribution in [3.05, 3.63) is 90.5 Å². The van der Waals surface area contributed by atoms with Gasteiger partial charge < -0.3 is 4.74 Å². The minimum Gasteiger partial charge on any atom is -0.478 e. The third-order valence-corrected chi connectivity index (χ3v) is 7.65. The summed E-state index contributed by atoms with van der Waals surface area (Å²) in [4.78, 5) is 4.83. The molecule has 0 aliphatic carbocycles. The van der Waals surface area contributed by atoms with Gasteiger partial charge in [-0.15, -0.1) is 0 Å². The van der Waals surface area contributed by atoms with Crippen molar-refractivity contribution >= 4 is 29.7 Å². The number of nitrogens with zero attached hydrogens (tertiary/aromatic N) is 1. The summed E-state index contributed by atoms with van der Waals surface area (Å²) in [6, 6.07) is 30.7. The van der Waals surface area contributed by atoms with Gasteiger partial charge in [0, 0.05) is 6.42 Å². The Bertz CT molecular complexity index is 898. The van der Waals surface area contributed by atoms with Crippen LogP contribution in [0.2, 0.25) is 0 Å². The van der Waals surface area contributed by atoms with Crippen molar-refractivity contribution in [2.45, 2.75) is 26.3 Å². The molecule has 3 heteroatoms. The minimum absolute atomic E-state index is 0.284. The summed E-state index contributed by atoms with van der Waals surface area (Å²) in [5, 5.41) is 4.12. The molecule has 3 aromatic carbocycles. The molecular formula is C25H26NOP. The van der Waals surface area contributed by atoms with E-state index >= 15 is 0 Å². The normalized spacial score (nSPS) is 16.3. The molecule has 4 rings (SSSR count). The largest absolute Gasteiger partial charge is 0.478 e. The third kappa shape index (κ3) is 4.18. The second-order valence-corrected chi connectivity index (χ2v) is 9.64. The maximum absolute atomic E-state index is 5.93. The van der Waals surface area contributed by atoms with Gasteiger partial charge in [-0.25, -0.2) is 4.99 Å². The lowest BCUT2D eigenvalue weighted by Gasteiger charge is -2.22. The van der Waals surface area contributed by atoms with Crippen molar-refractivity contribution in [2.24, 2.45) is 10.9 Å². The van der Waals surface area contributed by atoms with Crippen molar-refractivity contribution in [3.8, 4) is 0 Å². The Labute approximate surface area is 169 Å². The molecule has 1 aliphatic rings. The van der Waals surface area contributed by atoms with Gasteiger partial charge in [-0.3, -0.25) is 0 Å². The highest BCUT2D eigenvalue weighted by Gasteiger charge is 2.24. The van der Waals surface area contributed by atoms with Crippen LogP contribution >= 0.6 is 7.92 Å². The first-order valence-electron chi connectivity index (χ1n) is 9.90. The standard InChI is InChI=1S/C25H26NOP/c1-19(2)23-18-27-25(26-23)17-20-11-9-10-16-24(20)28(21-12-5-3-6-13-21)22-14-7-4-8-15-22/h3-16,19,23H,17-18H2,1-2H3/t23-/m1/s1. The molecule has 3 aromatic rings. The molecule has 2 nitrogen and oxygen atoms in total. The molecule has 0 spiro atoms. The molecule has 0 bridgehead atoms. The summed E-state index contributed by atoms with van der Waals surface area (Å²) in [5.41, 5.74) is 1.31. The predicted octanol–water partition coefficient (Wildman–Crippen LogP) is 4.44. The van der Waals surface area contributed by atoms with Crippen LogP contribution < -0.4 is 15.9 Å². The number of hydrogen-bond acceptors (Lipinski definition) is 2. The maximum atomic E-state index is 5.93. The van der Waals surface area contributed by atoms with Crippen molar-refractivity contribution in [2.75, 3.05) is 6.61 Å². The first kappa shape index (κ1) is 18.9. The Morgan fingerprint density at radius 3 is 2.00 bits per heavy atom. The van der Waals surface area contributed by atoms with Crippen molar-refractivity contribution in [1.29, 1.82) is 0 Å². The van der Waals surface area contributed by atoms with Crippen LogP contribution in [-0.2, 0) is 11.2 Å². The highest BCUT2D eigenvalue weighted by atomic mass is 31.1. The molecule has 0 saturated heterocycles. The Morgan fingerprint density at radius 1 is 0.857 bits per heavy atom. The van der Waals surface area contributed by atoms with Gasteiger partial charge in [0.15, 0.2) is 5.90 Å². The summed E-state index contributed by atoms with van der Waals surface area (Å²) in [6.45, 7) is 5.12. The molecular weight excluding hydrogens is 361 g/mol. The van der Waals surface area contributed by atoms with E-state index in [2.05, 4.69) is 98.8 Å². The molecule has 0 saturated carbocycles. The first-order valence-corrected chi connectivity index (χ1v) is 11.2. The second kappa shape index (κ2) is 8.71. The minimum atomic E-state index is -0.621. The van der Waals surface area contributed by atoms with Gasteiger partial charge in [-0.2, -0.15) is 0 Å². The quantitative estimate of drug-likeness (QED) is 0.573. The topological polar surface area (TPSA) is 21.6 Å². The fourth-order valence-corrected chi connectivity index (χ4v) is 5.97. The first-order chi connectivity index (χ1) is 13.7. The monoisotopic (exact) mass is 387 g/mol. The van der Waals surface area contributed by atoms with Gasteiger partial charge in [0.25, 0.3) is 0 Å². The van der Waals surface area contributed by atoms with Crippen LogP contribution in [0, 0.1) is 5.92 Å². The summed E-state index contributed by atoms with van der Waals surface area (Å²) in [5.74, 6) is 1.39. The summed E-state index contributed by atoms with van der Waals surface area (Å²) in [7, 11) is -0.621. The number of rotatable bonds is 6. The number of ether oxygens (including phenoxy) is 1. The molecule has 0 radical (unpaired) electrons. The summed E-state index contributed by atoms with van der Waals surface area (Å²) < 4.78 is 5.93. The molecule has 0 fully saturated rings. The van der Waals surface area contributed by atoms with E-state index in [4.69, 9.17) is 9.73 Å². The molecule has 0 amide bonds. The zero-order chi connectivity index (χ0) is 19.3. The Hall–Kier alpha value is -2.44. The Balaban J connectivity index is 1.73. The van der Waals surface area contributed by atoms with Crippen LogP contribution in [0.15, 0.2) is 89.9 Å². The van der Waals surface area contributed by atoms with E-state index in [1.54, 1.807) is 0 Å². The number of benzene rings is 3. The molecule has 142 valence electrons. The maximum Gasteiger partial charge on any atom is 0.188 e. The number of hydrogen-bond donors (Lipinski definition) is 0. The van der Waals surface area contributed by atoms with Gasteiger partial charge in [-0.1, -0.05) is 98.8 Å². The van der Waals surface area contributed by atoms with Crippen LogP contribution in [0.3, 0.4) is 0 Å². The fourth-order valence-electron chi connectivity index (χ4n) is 3.50. The van der Waals surface area contributed by atoms with Crippen LogP contribution in [0.25, 0.3) is 0 Å². The second-order valence-electron chi connectivity index (χ2n) is 7.46. The van der Waals surface area contributed by atoms with E-state index < -0.39 is 7.92 Å². The van der Waals surface area contributed by atoms with Crippen LogP contribution in [0.4, 0.5) is 0 Å². The average Bonchev–Trinajstić information content (AvgIpc) is 3.20. The van der Waals surface area contributed by atoms with Crippen molar-refractivity contribution in [3.63, 3.8) is 0 Å². The lowest BCUT2D eigenvalue weighted by Crippen LogP contribution is -2.24. The van der Waals surface area contributed by atoms with Gasteiger partial charge in [-0.05, 0) is 35.3 Å². The zero-order valence-electron chi connectivity index (χ0n) is 16.5. The van der Waals surface area contributed by atoms with E-state index in [1.165, 1.54) is 21.5 Å². The Kier molecular flexibility index (Phi) is 5.88. The highest BCUT2D eigenvalue weighted by Crippen LogP contribution is 2.34. The van der Waals surface area contributed by atoms with E-state index in [9.17, 15) is 0 Å². The molecule has 1 atom stereocenters. The molecule has 1 aliphatic heterocycles. The van der Waals surface area contributed by atoms with Gasteiger partial charge in [0.1, 0.15) is 6.61 Å². The van der Waals surface area contributed by atoms with Crippen molar-refractivity contribution in [1.82, 2.24) is 0 Å². The fraction of sp³-hybridized carbons (Fsp3) is 0.240. The van der Waals surface area contributed by atoms with Crippen LogP contribution in [0.1, 0.15) is 19.4 Å². The van der Waals surface area contributed by atoms with Gasteiger partial charge >= 0.3 is 0 Å². The van der Waals surface area contributed by atoms with E-state index in [0.29, 0.717) is 12.5 Å². The van der Waals surface area contributed by atoms with Gasteiger partial charge in [0.2, 0.25) is 0 Å². The van der Waals surface area contributed by atoms with E-state index in [0.717, 1.165) is 12.3 Å². The van der Waals surface area contributed by atoms with Gasteiger partial charge in [0.05, 0.1) is 6.04 Å². The molecule has 0 N–H and O–H groups in total. The highest BCUT2D eigenvalue weighted by molar-refractivity contribution is 7.79. The number of aliphatic imine (C=N–C) groups is 1. The SMILES string of the molecule is CC(C)[C@H]1COC(Cc2ccccc2P(c2ccccc2)c2ccccc2)=N1. The summed E-state index contributed by atoms with van der Waals surface area (Å²) >= 11 is 0. The molecule has 1 heterocycles. The van der Waals surface area contributed by atoms with E-state index in [1.807, 2.05) is 0 Å². The smallest absolute Gasteiger partial charge is 0.188 e. The van der Waals surface area contributed by atoms with Crippen LogP contribution in [0.5, 0.6) is 0 Å². The molecule has 28 heavy (non-hydrogen) atoms. The van der Waals surface area contributed by atoms with Crippen LogP contribution in [-0.4, -0.2) is 18.5 Å².